The Hall–Kier alpha value is -4.36. The van der Waals surface area contributed by atoms with Crippen LogP contribution >= 0.6 is 11.3 Å². The molecule has 3 N–H and O–H groups in total. The molecule has 1 saturated heterocycles. The van der Waals surface area contributed by atoms with Crippen molar-refractivity contribution in [1.82, 2.24) is 20.5 Å². The number of aliphatic hydroxyl groups is 1. The highest BCUT2D eigenvalue weighted by Crippen LogP contribution is 2.28. The van der Waals surface area contributed by atoms with Crippen LogP contribution in [0.1, 0.15) is 45.4 Å². The van der Waals surface area contributed by atoms with Crippen LogP contribution in [0.5, 0.6) is 0 Å². The van der Waals surface area contributed by atoms with E-state index in [1.54, 1.807) is 16.8 Å². The Morgan fingerprint density at radius 2 is 1.51 bits per heavy atom. The average Bonchev–Trinajstić information content (AvgIpc) is 3.79. The first-order valence-electron chi connectivity index (χ1n) is 18.7. The number of nitrogens with one attached hydrogen (secondary N) is 2. The van der Waals surface area contributed by atoms with Crippen LogP contribution in [0.15, 0.2) is 40.0 Å². The fourth-order valence-electron chi connectivity index (χ4n) is 5.88. The molecule has 314 valence electrons. The Morgan fingerprint density at radius 1 is 0.930 bits per heavy atom. The molecule has 2 aromatic rings. The monoisotopic (exact) mass is 816 g/mol. The van der Waals surface area contributed by atoms with Gasteiger partial charge < -0.3 is 44.3 Å². The number of rotatable bonds is 26. The van der Waals surface area contributed by atoms with E-state index in [2.05, 4.69) is 35.7 Å². The zero-order valence-electron chi connectivity index (χ0n) is 33.4. The third-order valence-corrected chi connectivity index (χ3v) is 9.82. The number of carbonyl (C=O) groups is 3. The summed E-state index contributed by atoms with van der Waals surface area (Å²) in [5.41, 5.74) is 20.0. The maximum atomic E-state index is 14.0. The molecular formula is C37H56N10O9S. The molecule has 3 amide bonds. The number of nitrogens with zero attached hydrogens (tertiary/aromatic N) is 8. The molecule has 3 atom stereocenters. The Kier molecular flexibility index (Phi) is 20.1. The van der Waals surface area contributed by atoms with Crippen molar-refractivity contribution in [3.05, 3.63) is 61.9 Å². The van der Waals surface area contributed by atoms with E-state index in [0.29, 0.717) is 0 Å². The number of hydrogen-bond acceptors (Lipinski definition) is 13. The van der Waals surface area contributed by atoms with Gasteiger partial charge in [-0.25, -0.2) is 4.98 Å². The summed E-state index contributed by atoms with van der Waals surface area (Å²) in [6.07, 6.45) is -0.830. The summed E-state index contributed by atoms with van der Waals surface area (Å²) in [6.45, 7) is 11.6. The van der Waals surface area contributed by atoms with Gasteiger partial charge in [0.15, 0.2) is 0 Å². The van der Waals surface area contributed by atoms with Gasteiger partial charge in [0.25, 0.3) is 0 Å². The molecule has 1 aliphatic rings. The molecule has 0 spiro atoms. The van der Waals surface area contributed by atoms with Crippen molar-refractivity contribution in [2.75, 3.05) is 85.7 Å². The van der Waals surface area contributed by atoms with E-state index >= 15 is 0 Å². The van der Waals surface area contributed by atoms with Crippen LogP contribution in [0, 0.1) is 17.8 Å². The van der Waals surface area contributed by atoms with Gasteiger partial charge in [0.1, 0.15) is 18.7 Å². The summed E-state index contributed by atoms with van der Waals surface area (Å²) < 4.78 is 28.3. The molecule has 1 aromatic heterocycles. The molecule has 57 heavy (non-hydrogen) atoms. The predicted molar refractivity (Wildman–Crippen MR) is 212 cm³/mol. The topological polar surface area (TPSA) is 255 Å². The first kappa shape index (κ1) is 47.0. The number of ether oxygens (including phenoxy) is 5. The Balaban J connectivity index is 1.55. The zero-order valence-corrected chi connectivity index (χ0v) is 34.2. The number of aryl methyl sites for hydroxylation is 1. The third-order valence-electron chi connectivity index (χ3n) is 8.84. The van der Waals surface area contributed by atoms with Crippen LogP contribution in [0.3, 0.4) is 0 Å². The number of likely N-dealkylation sites (tertiary alicyclic amines) is 1. The largest absolute Gasteiger partial charge is 0.391 e. The molecular weight excluding hydrogens is 761 g/mol. The number of hydrogen-bond donors (Lipinski definition) is 3. The minimum absolute atomic E-state index is 0.0468. The second-order valence-corrected chi connectivity index (χ2v) is 15.8. The minimum atomic E-state index is -1.02. The lowest BCUT2D eigenvalue weighted by Gasteiger charge is -2.35. The highest BCUT2D eigenvalue weighted by atomic mass is 32.1. The van der Waals surface area contributed by atoms with Crippen LogP contribution < -0.4 is 10.6 Å². The average molecular weight is 817 g/mol. The van der Waals surface area contributed by atoms with E-state index in [9.17, 15) is 19.5 Å². The van der Waals surface area contributed by atoms with Crippen molar-refractivity contribution in [2.24, 2.45) is 21.1 Å². The van der Waals surface area contributed by atoms with E-state index in [0.717, 1.165) is 21.7 Å². The van der Waals surface area contributed by atoms with Gasteiger partial charge in [-0.3, -0.25) is 14.4 Å². The smallest absolute Gasteiger partial charge is 0.246 e. The Bertz CT molecular complexity index is 1630. The van der Waals surface area contributed by atoms with Crippen molar-refractivity contribution in [2.45, 2.75) is 65.8 Å². The van der Waals surface area contributed by atoms with Crippen molar-refractivity contribution in [1.29, 1.82) is 0 Å². The standard InChI is InChI=1S/C37H56N10O9S/c1-26-32(57-25-41-26)28-8-6-27(7-9-28)19-40-34(50)30-18-29(48)20-47(30)35(51)33(36(2,3)4)44-31(49)21-56-24-37(5,22-54-16-14-52-12-10-42-45-38)23-55-17-15-53-13-11-43-46-39/h6-9,25,29-30,33,48H,10-24H2,1-5H3,(H,40,50)(H,44,49)/t29-,30+,33-/m1/s1. The molecule has 3 rings (SSSR count). The van der Waals surface area contributed by atoms with Gasteiger partial charge in [0, 0.05) is 47.8 Å². The molecule has 20 heteroatoms. The van der Waals surface area contributed by atoms with Crippen LogP contribution in [0.2, 0.25) is 0 Å². The summed E-state index contributed by atoms with van der Waals surface area (Å²) in [5.74, 6) is -1.41. The Labute approximate surface area is 337 Å². The maximum absolute atomic E-state index is 14.0. The van der Waals surface area contributed by atoms with E-state index in [1.807, 2.05) is 58.9 Å². The van der Waals surface area contributed by atoms with Gasteiger partial charge in [-0.1, -0.05) is 62.2 Å². The summed E-state index contributed by atoms with van der Waals surface area (Å²) >= 11 is 1.56. The highest BCUT2D eigenvalue weighted by Gasteiger charge is 2.44. The number of thiazole rings is 1. The highest BCUT2D eigenvalue weighted by molar-refractivity contribution is 7.13. The maximum Gasteiger partial charge on any atom is 0.246 e. The number of aliphatic hydroxyl groups excluding tert-OH is 1. The molecule has 0 bridgehead atoms. The lowest BCUT2D eigenvalue weighted by molar-refractivity contribution is -0.145. The van der Waals surface area contributed by atoms with Gasteiger partial charge in [0.05, 0.1) is 81.6 Å². The Morgan fingerprint density at radius 3 is 2.05 bits per heavy atom. The number of carbonyl (C=O) groups excluding carboxylic acids is 3. The SMILES string of the molecule is Cc1ncsc1-c1ccc(CNC(=O)[C@@H]2C[C@@H](O)CN2C(=O)[C@@H](NC(=O)COCC(C)(COCCOCCN=[N+]=[N-])COCCOCCN=[N+]=[N-])C(C)(C)C)cc1. The quantitative estimate of drug-likeness (QED) is 0.0533. The van der Waals surface area contributed by atoms with Crippen molar-refractivity contribution in [3.63, 3.8) is 0 Å². The van der Waals surface area contributed by atoms with Gasteiger partial charge >= 0.3 is 0 Å². The van der Waals surface area contributed by atoms with Gasteiger partial charge in [0.2, 0.25) is 17.7 Å². The summed E-state index contributed by atoms with van der Waals surface area (Å²) in [7, 11) is 0. The molecule has 0 aliphatic carbocycles. The van der Waals surface area contributed by atoms with E-state index in [4.69, 9.17) is 34.7 Å². The lowest BCUT2D eigenvalue weighted by Crippen LogP contribution is -2.58. The predicted octanol–water partition coefficient (Wildman–Crippen LogP) is 3.94. The van der Waals surface area contributed by atoms with Crippen LogP contribution in [0.25, 0.3) is 31.3 Å². The summed E-state index contributed by atoms with van der Waals surface area (Å²) in [6, 6.07) is 5.87. The molecule has 0 radical (unpaired) electrons. The van der Waals surface area contributed by atoms with E-state index in [1.165, 1.54) is 4.90 Å². The number of benzene rings is 1. The molecule has 0 saturated carbocycles. The fraction of sp³-hybridized carbons (Fsp3) is 0.676. The molecule has 1 fully saturated rings. The van der Waals surface area contributed by atoms with Gasteiger partial charge in [-0.15, -0.1) is 11.3 Å². The van der Waals surface area contributed by atoms with Crippen LogP contribution in [-0.4, -0.2) is 137 Å². The van der Waals surface area contributed by atoms with Crippen molar-refractivity contribution >= 4 is 29.1 Å². The molecule has 2 heterocycles. The number of β-amino-alcohol motifs (C(OH)–C–C–N with tert-alkyl or cyclic N) is 1. The van der Waals surface area contributed by atoms with Gasteiger partial charge in [-0.2, -0.15) is 0 Å². The second kappa shape index (κ2) is 24.4. The van der Waals surface area contributed by atoms with Crippen molar-refractivity contribution in [3.8, 4) is 10.4 Å². The van der Waals surface area contributed by atoms with E-state index < -0.39 is 46.7 Å². The first-order chi connectivity index (χ1) is 27.3. The number of azide groups is 2. The fourth-order valence-corrected chi connectivity index (χ4v) is 6.69. The third kappa shape index (κ3) is 16.6. The normalized spacial score (nSPS) is 16.9. The molecule has 1 aliphatic heterocycles. The first-order valence-corrected chi connectivity index (χ1v) is 19.6. The molecule has 1 aromatic carbocycles. The zero-order chi connectivity index (χ0) is 41.7. The second-order valence-electron chi connectivity index (χ2n) is 15.0. The lowest BCUT2D eigenvalue weighted by atomic mass is 9.85. The minimum Gasteiger partial charge on any atom is -0.391 e. The van der Waals surface area contributed by atoms with Gasteiger partial charge in [-0.05, 0) is 34.5 Å². The summed E-state index contributed by atoms with van der Waals surface area (Å²) in [5, 5.41) is 23.1. The number of amides is 3. The molecule has 0 unspecified atom stereocenters. The summed E-state index contributed by atoms with van der Waals surface area (Å²) in [4.78, 5) is 52.9. The van der Waals surface area contributed by atoms with E-state index in [-0.39, 0.29) is 98.7 Å². The van der Waals surface area contributed by atoms with Crippen LogP contribution in [0.4, 0.5) is 0 Å². The van der Waals surface area contributed by atoms with Crippen molar-refractivity contribution < 1.29 is 43.2 Å². The number of aromatic nitrogens is 1. The molecule has 19 nitrogen and oxygen atoms in total. The van der Waals surface area contributed by atoms with Crippen LogP contribution in [-0.2, 0) is 44.6 Å².